The highest BCUT2D eigenvalue weighted by Gasteiger charge is 2.14. The lowest BCUT2D eigenvalue weighted by atomic mass is 10.2. The molecule has 0 bridgehead atoms. The lowest BCUT2D eigenvalue weighted by Crippen LogP contribution is -2.20. The molecule has 6 nitrogen and oxygen atoms in total. The Labute approximate surface area is 156 Å². The Kier molecular flexibility index (Phi) is 4.45. The first-order valence-electron chi connectivity index (χ1n) is 8.52. The van der Waals surface area contributed by atoms with E-state index >= 15 is 0 Å². The average Bonchev–Trinajstić information content (AvgIpc) is 2.69. The first kappa shape index (κ1) is 16.7. The normalized spacial score (nSPS) is 10.6. The molecule has 4 rings (SSSR count). The summed E-state index contributed by atoms with van der Waals surface area (Å²) in [5, 5.41) is 6.40. The van der Waals surface area contributed by atoms with Crippen LogP contribution < -0.4 is 10.6 Å². The van der Waals surface area contributed by atoms with E-state index in [0.29, 0.717) is 23.0 Å². The van der Waals surface area contributed by atoms with Crippen molar-refractivity contribution in [2.24, 2.45) is 0 Å². The van der Waals surface area contributed by atoms with Crippen molar-refractivity contribution >= 4 is 28.4 Å². The number of nitrogens with zero attached hydrogens (tertiary/aromatic N) is 3. The number of benzene rings is 2. The molecule has 0 fully saturated rings. The van der Waals surface area contributed by atoms with Gasteiger partial charge in [0.25, 0.3) is 0 Å². The third-order valence-electron chi connectivity index (χ3n) is 4.09. The molecule has 27 heavy (non-hydrogen) atoms. The van der Waals surface area contributed by atoms with Gasteiger partial charge >= 0.3 is 6.03 Å². The molecule has 132 valence electrons. The predicted molar refractivity (Wildman–Crippen MR) is 107 cm³/mol. The number of hydrogen-bond acceptors (Lipinski definition) is 4. The fourth-order valence-corrected chi connectivity index (χ4v) is 2.79. The van der Waals surface area contributed by atoms with Gasteiger partial charge in [-0.25, -0.2) is 14.8 Å². The molecule has 0 atom stereocenters. The van der Waals surface area contributed by atoms with Crippen LogP contribution in [0.25, 0.3) is 22.4 Å². The summed E-state index contributed by atoms with van der Waals surface area (Å²) < 4.78 is 0. The molecule has 2 N–H and O–H groups in total. The first-order valence-corrected chi connectivity index (χ1v) is 8.52. The molecule has 0 aliphatic carbocycles. The number of carbonyl (C=O) groups excluding carboxylic acids is 1. The molecule has 2 amide bonds. The van der Waals surface area contributed by atoms with E-state index in [-0.39, 0.29) is 6.03 Å². The Balaban J connectivity index is 1.73. The monoisotopic (exact) mass is 355 g/mol. The molecule has 6 heteroatoms. The second-order valence-electron chi connectivity index (χ2n) is 6.03. The number of nitrogens with one attached hydrogen (secondary N) is 2. The number of aryl methyl sites for hydroxylation is 1. The van der Waals surface area contributed by atoms with Gasteiger partial charge in [0.15, 0.2) is 5.82 Å². The molecule has 0 spiro atoms. The van der Waals surface area contributed by atoms with Crippen LogP contribution in [0.5, 0.6) is 0 Å². The van der Waals surface area contributed by atoms with Crippen LogP contribution in [0.15, 0.2) is 72.9 Å². The zero-order chi connectivity index (χ0) is 18.6. The minimum absolute atomic E-state index is 0.367. The Morgan fingerprint density at radius 3 is 2.44 bits per heavy atom. The van der Waals surface area contributed by atoms with Gasteiger partial charge in [-0.15, -0.1) is 0 Å². The summed E-state index contributed by atoms with van der Waals surface area (Å²) >= 11 is 0. The van der Waals surface area contributed by atoms with Crippen molar-refractivity contribution in [3.63, 3.8) is 0 Å². The van der Waals surface area contributed by atoms with Gasteiger partial charge in [0.05, 0.1) is 5.52 Å². The number of amides is 2. The lowest BCUT2D eigenvalue weighted by Gasteiger charge is -2.11. The third-order valence-corrected chi connectivity index (χ3v) is 4.09. The van der Waals surface area contributed by atoms with Gasteiger partial charge in [-0.2, -0.15) is 0 Å². The van der Waals surface area contributed by atoms with E-state index in [1.807, 2.05) is 73.7 Å². The van der Waals surface area contributed by atoms with Gasteiger partial charge in [0.1, 0.15) is 11.5 Å². The third kappa shape index (κ3) is 3.59. The maximum absolute atomic E-state index is 12.4. The van der Waals surface area contributed by atoms with Crippen molar-refractivity contribution in [3.8, 4) is 11.5 Å². The zero-order valence-corrected chi connectivity index (χ0v) is 14.7. The number of aromatic nitrogens is 3. The van der Waals surface area contributed by atoms with Crippen molar-refractivity contribution in [2.45, 2.75) is 6.92 Å². The van der Waals surface area contributed by atoms with Crippen LogP contribution in [0.3, 0.4) is 0 Å². The number of fused-ring (bicyclic) bond motifs is 1. The van der Waals surface area contributed by atoms with E-state index in [4.69, 9.17) is 0 Å². The zero-order valence-electron chi connectivity index (χ0n) is 14.7. The fourth-order valence-electron chi connectivity index (χ4n) is 2.79. The van der Waals surface area contributed by atoms with Gasteiger partial charge in [-0.3, -0.25) is 10.3 Å². The van der Waals surface area contributed by atoms with Crippen LogP contribution in [0.4, 0.5) is 16.3 Å². The van der Waals surface area contributed by atoms with Gasteiger partial charge in [0, 0.05) is 17.3 Å². The number of pyridine rings is 1. The molecule has 0 saturated heterocycles. The molecule has 0 unspecified atom stereocenters. The molecule has 0 aliphatic rings. The molecule has 0 radical (unpaired) electrons. The summed E-state index contributed by atoms with van der Waals surface area (Å²) in [4.78, 5) is 26.0. The maximum atomic E-state index is 12.4. The van der Waals surface area contributed by atoms with Crippen LogP contribution in [0.1, 0.15) is 5.56 Å². The summed E-state index contributed by atoms with van der Waals surface area (Å²) in [5.74, 6) is 0.913. The second kappa shape index (κ2) is 7.21. The Morgan fingerprint density at radius 2 is 1.63 bits per heavy atom. The number of rotatable bonds is 3. The minimum Gasteiger partial charge on any atom is -0.308 e. The minimum atomic E-state index is -0.367. The Morgan fingerprint density at radius 1 is 0.852 bits per heavy atom. The first-order chi connectivity index (χ1) is 13.2. The highest BCUT2D eigenvalue weighted by Crippen LogP contribution is 2.25. The molecule has 0 aliphatic heterocycles. The van der Waals surface area contributed by atoms with Crippen LogP contribution in [-0.2, 0) is 0 Å². The Bertz CT molecular complexity index is 1110. The maximum Gasteiger partial charge on any atom is 0.324 e. The summed E-state index contributed by atoms with van der Waals surface area (Å²) in [5.41, 5.74) is 3.10. The van der Waals surface area contributed by atoms with Crippen molar-refractivity contribution in [3.05, 3.63) is 78.5 Å². The SMILES string of the molecule is Cc1cccnc1-c1nc(NC(=O)Nc2ccccc2)c2ccccc2n1. The molecule has 2 aromatic carbocycles. The Hall–Kier alpha value is -3.80. The van der Waals surface area contributed by atoms with E-state index in [1.165, 1.54) is 0 Å². The number of urea groups is 1. The number of carbonyl (C=O) groups is 1. The summed E-state index contributed by atoms with van der Waals surface area (Å²) in [6.07, 6.45) is 1.70. The highest BCUT2D eigenvalue weighted by atomic mass is 16.2. The van der Waals surface area contributed by atoms with Gasteiger partial charge in [-0.1, -0.05) is 36.4 Å². The van der Waals surface area contributed by atoms with E-state index in [2.05, 4.69) is 25.6 Å². The van der Waals surface area contributed by atoms with Crippen molar-refractivity contribution in [1.82, 2.24) is 15.0 Å². The van der Waals surface area contributed by atoms with Gasteiger partial charge in [-0.05, 0) is 42.8 Å². The molecule has 2 heterocycles. The lowest BCUT2D eigenvalue weighted by molar-refractivity contribution is 0.262. The van der Waals surface area contributed by atoms with E-state index in [1.54, 1.807) is 6.20 Å². The quantitative estimate of drug-likeness (QED) is 0.561. The van der Waals surface area contributed by atoms with Crippen molar-refractivity contribution in [1.29, 1.82) is 0 Å². The van der Waals surface area contributed by atoms with E-state index < -0.39 is 0 Å². The van der Waals surface area contributed by atoms with E-state index in [0.717, 1.165) is 16.5 Å². The smallest absolute Gasteiger partial charge is 0.308 e. The van der Waals surface area contributed by atoms with Crippen LogP contribution >= 0.6 is 0 Å². The van der Waals surface area contributed by atoms with Crippen LogP contribution in [0.2, 0.25) is 0 Å². The molecule has 0 saturated carbocycles. The number of para-hydroxylation sites is 2. The average molecular weight is 355 g/mol. The number of anilines is 2. The summed E-state index contributed by atoms with van der Waals surface area (Å²) in [7, 11) is 0. The largest absolute Gasteiger partial charge is 0.324 e. The van der Waals surface area contributed by atoms with Gasteiger partial charge in [0.2, 0.25) is 0 Å². The molecule has 4 aromatic rings. The van der Waals surface area contributed by atoms with E-state index in [9.17, 15) is 4.79 Å². The van der Waals surface area contributed by atoms with Crippen LogP contribution in [0, 0.1) is 6.92 Å². The fraction of sp³-hybridized carbons (Fsp3) is 0.0476. The van der Waals surface area contributed by atoms with Crippen LogP contribution in [-0.4, -0.2) is 21.0 Å². The molecule has 2 aromatic heterocycles. The predicted octanol–water partition coefficient (Wildman–Crippen LogP) is 4.64. The molecular weight excluding hydrogens is 338 g/mol. The highest BCUT2D eigenvalue weighted by molar-refractivity contribution is 6.04. The number of hydrogen-bond donors (Lipinski definition) is 2. The van der Waals surface area contributed by atoms with Crippen molar-refractivity contribution < 1.29 is 4.79 Å². The van der Waals surface area contributed by atoms with Crippen molar-refractivity contribution in [2.75, 3.05) is 10.6 Å². The summed E-state index contributed by atoms with van der Waals surface area (Å²) in [6.45, 7) is 1.95. The van der Waals surface area contributed by atoms with Gasteiger partial charge < -0.3 is 5.32 Å². The standard InChI is InChI=1S/C21H17N5O/c1-14-8-7-13-22-18(14)20-24-17-12-6-5-11-16(17)19(25-20)26-21(27)23-15-9-3-2-4-10-15/h2-13H,1H3,(H2,23,24,25,26,27). The molecular formula is C21H17N5O. The topological polar surface area (TPSA) is 79.8 Å². The second-order valence-corrected chi connectivity index (χ2v) is 6.03. The summed E-state index contributed by atoms with van der Waals surface area (Å²) in [6, 6.07) is 20.3.